The first kappa shape index (κ1) is 31.2. The summed E-state index contributed by atoms with van der Waals surface area (Å²) >= 11 is 0. The first-order chi connectivity index (χ1) is 20.8. The fourth-order valence-electron chi connectivity index (χ4n) is 6.71. The minimum absolute atomic E-state index is 0.0318. The van der Waals surface area contributed by atoms with Crippen LogP contribution < -0.4 is 10.7 Å². The molecule has 5 rings (SSSR count). The minimum atomic E-state index is -0.890. The van der Waals surface area contributed by atoms with Crippen LogP contribution in [-0.2, 0) is 22.4 Å². The van der Waals surface area contributed by atoms with Crippen LogP contribution in [0.1, 0.15) is 86.7 Å². The van der Waals surface area contributed by atoms with E-state index in [9.17, 15) is 30.0 Å². The van der Waals surface area contributed by atoms with Crippen molar-refractivity contribution in [2.75, 3.05) is 0 Å². The van der Waals surface area contributed by atoms with Crippen molar-refractivity contribution in [2.45, 2.75) is 91.9 Å². The van der Waals surface area contributed by atoms with Gasteiger partial charge in [-0.1, -0.05) is 0 Å². The Labute approximate surface area is 255 Å². The van der Waals surface area contributed by atoms with Gasteiger partial charge >= 0.3 is 11.9 Å². The van der Waals surface area contributed by atoms with E-state index in [2.05, 4.69) is 9.97 Å². The number of carbonyl (C=O) groups is 2. The van der Waals surface area contributed by atoms with Crippen molar-refractivity contribution >= 4 is 35.5 Å². The minimum Gasteiger partial charge on any atom is -0.481 e. The highest BCUT2D eigenvalue weighted by atomic mass is 16.4. The molecule has 3 aliphatic heterocycles. The average Bonchev–Trinajstić information content (AvgIpc) is 3.59. The lowest BCUT2D eigenvalue weighted by Gasteiger charge is -2.14. The maximum absolute atomic E-state index is 11.6. The number of aliphatic imine (C=N–C) groups is 2. The molecule has 10 nitrogen and oxygen atoms in total. The highest BCUT2D eigenvalue weighted by Gasteiger charge is 2.30. The van der Waals surface area contributed by atoms with Gasteiger partial charge in [-0.25, -0.2) is 4.99 Å². The molecule has 6 N–H and O–H groups in total. The van der Waals surface area contributed by atoms with Crippen LogP contribution in [-0.4, -0.2) is 65.9 Å². The smallest absolute Gasteiger partial charge is 0.303 e. The van der Waals surface area contributed by atoms with Gasteiger partial charge < -0.3 is 30.4 Å². The van der Waals surface area contributed by atoms with E-state index in [1.807, 2.05) is 45.9 Å². The SMILES string of the molecule is CC1=C(CCC(=O)O)C2Cc3[nH]c(c(C)c3CCC(=O)O)C=c3[nH]c(c(C)c3C(C)O)=CC3=N/C(=C\C1=N2)C(C)=C3C(C)O. The summed E-state index contributed by atoms with van der Waals surface area (Å²) in [5.41, 5.74) is 10.4. The number of nitrogens with one attached hydrogen (secondary N) is 2. The highest BCUT2D eigenvalue weighted by molar-refractivity contribution is 6.24. The number of hydrogen-bond donors (Lipinski definition) is 6. The monoisotopic (exact) mass is 600 g/mol. The third kappa shape index (κ3) is 5.79. The number of allylic oxidation sites excluding steroid dienone is 3. The summed E-state index contributed by atoms with van der Waals surface area (Å²) in [5.74, 6) is -1.78. The van der Waals surface area contributed by atoms with E-state index in [4.69, 9.17) is 9.98 Å². The summed E-state index contributed by atoms with van der Waals surface area (Å²) in [6.45, 7) is 11.2. The van der Waals surface area contributed by atoms with E-state index >= 15 is 0 Å². The molecule has 2 aromatic heterocycles. The number of hydrogen-bond acceptors (Lipinski definition) is 6. The Morgan fingerprint density at radius 2 is 1.55 bits per heavy atom. The van der Waals surface area contributed by atoms with E-state index in [0.29, 0.717) is 47.3 Å². The van der Waals surface area contributed by atoms with Crippen molar-refractivity contribution in [2.24, 2.45) is 9.98 Å². The van der Waals surface area contributed by atoms with Crippen molar-refractivity contribution in [3.8, 4) is 0 Å². The number of aliphatic hydroxyl groups is 2. The molecule has 0 aliphatic carbocycles. The highest BCUT2D eigenvalue weighted by Crippen LogP contribution is 2.34. The van der Waals surface area contributed by atoms with E-state index < -0.39 is 24.1 Å². The first-order valence-electron chi connectivity index (χ1n) is 15.0. The number of aliphatic hydroxyl groups excluding tert-OH is 2. The Morgan fingerprint density at radius 1 is 0.864 bits per heavy atom. The molecule has 0 amide bonds. The van der Waals surface area contributed by atoms with Gasteiger partial charge in [-0.05, 0) is 106 Å². The summed E-state index contributed by atoms with van der Waals surface area (Å²) in [7, 11) is 0. The zero-order valence-electron chi connectivity index (χ0n) is 26.0. The Bertz CT molecular complexity index is 1840. The van der Waals surface area contributed by atoms with Crippen LogP contribution >= 0.6 is 0 Å². The van der Waals surface area contributed by atoms with Crippen LogP contribution in [0.5, 0.6) is 0 Å². The standard InChI is InChI=1S/C34H40N4O6/c1-15-21(7-9-31(41)42)27-14-28-22(8-10-32(43)44)16(2)24(36-28)12-29-34(20(6)40)18(4)26(38-29)13-30-33(19(5)39)17(3)25(37-30)11-23(15)35-27/h11-13,19-20,27,36,38-40H,7-10,14H2,1-6H3,(H,41,42)(H,43,44)/b25-11-,26-13?,29-12?. The summed E-state index contributed by atoms with van der Waals surface area (Å²) in [6, 6.07) is -0.340. The van der Waals surface area contributed by atoms with Crippen molar-refractivity contribution < 1.29 is 30.0 Å². The molecule has 5 heterocycles. The predicted molar refractivity (Wildman–Crippen MR) is 169 cm³/mol. The maximum Gasteiger partial charge on any atom is 0.303 e. The second kappa shape index (κ2) is 12.0. The molecule has 2 aromatic rings. The van der Waals surface area contributed by atoms with E-state index in [1.165, 1.54) is 0 Å². The van der Waals surface area contributed by atoms with Gasteiger partial charge in [0.1, 0.15) is 0 Å². The van der Waals surface area contributed by atoms with Crippen molar-refractivity contribution in [1.29, 1.82) is 0 Å². The normalized spacial score (nSPS) is 20.5. The molecule has 10 heteroatoms. The summed E-state index contributed by atoms with van der Waals surface area (Å²) in [6.07, 6.45) is 5.23. The van der Waals surface area contributed by atoms with E-state index in [0.717, 1.165) is 55.7 Å². The van der Waals surface area contributed by atoms with Crippen molar-refractivity contribution in [1.82, 2.24) is 9.97 Å². The lowest BCUT2D eigenvalue weighted by atomic mass is 9.93. The molecule has 232 valence electrons. The van der Waals surface area contributed by atoms with Crippen molar-refractivity contribution in [3.05, 3.63) is 78.4 Å². The Balaban J connectivity index is 1.81. The van der Waals surface area contributed by atoms with E-state index in [-0.39, 0.29) is 18.9 Å². The first-order valence-corrected chi connectivity index (χ1v) is 15.0. The second-order valence-electron chi connectivity index (χ2n) is 12.0. The lowest BCUT2D eigenvalue weighted by molar-refractivity contribution is -0.138. The fraction of sp³-hybridized carbons (Fsp3) is 0.412. The molecule has 0 saturated heterocycles. The molecule has 0 spiro atoms. The number of fused-ring (bicyclic) bond motifs is 6. The average molecular weight is 601 g/mol. The molecule has 3 unspecified atom stereocenters. The van der Waals surface area contributed by atoms with Gasteiger partial charge in [0.2, 0.25) is 0 Å². The van der Waals surface area contributed by atoms with Crippen LogP contribution in [0.3, 0.4) is 0 Å². The molecular weight excluding hydrogens is 560 g/mol. The third-order valence-electron chi connectivity index (χ3n) is 9.02. The zero-order valence-corrected chi connectivity index (χ0v) is 26.0. The van der Waals surface area contributed by atoms with Crippen LogP contribution in [0.4, 0.5) is 0 Å². The lowest BCUT2D eigenvalue weighted by Crippen LogP contribution is -2.17. The molecule has 8 bridgehead atoms. The number of aromatic nitrogens is 2. The van der Waals surface area contributed by atoms with Gasteiger partial charge in [0.15, 0.2) is 0 Å². The summed E-state index contributed by atoms with van der Waals surface area (Å²) < 4.78 is 0. The predicted octanol–water partition coefficient (Wildman–Crippen LogP) is 3.24. The van der Waals surface area contributed by atoms with Gasteiger partial charge in [0.25, 0.3) is 0 Å². The van der Waals surface area contributed by atoms with Gasteiger partial charge in [-0.15, -0.1) is 0 Å². The number of carboxylic acid groups (broad SMARTS) is 2. The Morgan fingerprint density at radius 3 is 2.18 bits per heavy atom. The number of aliphatic carboxylic acids is 2. The van der Waals surface area contributed by atoms with Crippen LogP contribution in [0.15, 0.2) is 44.1 Å². The molecule has 3 aliphatic rings. The van der Waals surface area contributed by atoms with Crippen LogP contribution in [0.25, 0.3) is 12.2 Å². The Kier molecular flexibility index (Phi) is 8.51. The largest absolute Gasteiger partial charge is 0.481 e. The number of carboxylic acids is 2. The number of aromatic amines is 2. The number of H-pyrrole nitrogens is 2. The second-order valence-corrected chi connectivity index (χ2v) is 12.0. The third-order valence-corrected chi connectivity index (χ3v) is 9.02. The van der Waals surface area contributed by atoms with E-state index in [1.54, 1.807) is 13.8 Å². The zero-order chi connectivity index (χ0) is 32.0. The van der Waals surface area contributed by atoms with Crippen LogP contribution in [0.2, 0.25) is 0 Å². The summed E-state index contributed by atoms with van der Waals surface area (Å²) in [4.78, 5) is 40.1. The molecule has 0 aromatic carbocycles. The molecular formula is C34H40N4O6. The molecule has 0 saturated carbocycles. The Hall–Kier alpha value is -4.28. The maximum atomic E-state index is 11.6. The van der Waals surface area contributed by atoms with Crippen LogP contribution in [0, 0.1) is 13.8 Å². The van der Waals surface area contributed by atoms with Gasteiger partial charge in [0, 0.05) is 52.5 Å². The molecule has 3 atom stereocenters. The fourth-order valence-corrected chi connectivity index (χ4v) is 6.71. The van der Waals surface area contributed by atoms with Gasteiger partial charge in [-0.3, -0.25) is 14.6 Å². The summed E-state index contributed by atoms with van der Waals surface area (Å²) in [5, 5.41) is 42.0. The van der Waals surface area contributed by atoms with Gasteiger partial charge in [0.05, 0.1) is 35.4 Å². The molecule has 44 heavy (non-hydrogen) atoms. The quantitative estimate of drug-likeness (QED) is 0.272. The molecule has 0 radical (unpaired) electrons. The number of nitrogens with zero attached hydrogens (tertiary/aromatic N) is 2. The number of rotatable bonds is 8. The molecule has 0 fully saturated rings. The van der Waals surface area contributed by atoms with Gasteiger partial charge in [-0.2, -0.15) is 0 Å². The topological polar surface area (TPSA) is 171 Å². The van der Waals surface area contributed by atoms with Crippen molar-refractivity contribution in [3.63, 3.8) is 0 Å².